The van der Waals surface area contributed by atoms with Crippen LogP contribution in [0, 0.1) is 0 Å². The maximum Gasteiger partial charge on any atom is 0.0702 e. The number of nitrogens with zero attached hydrogens (tertiary/aromatic N) is 1. The molecule has 5 heteroatoms. The molecule has 0 radical (unpaired) electrons. The van der Waals surface area contributed by atoms with Gasteiger partial charge in [0, 0.05) is 39.5 Å². The second-order valence-corrected chi connectivity index (χ2v) is 7.05. The lowest BCUT2D eigenvalue weighted by molar-refractivity contribution is 0.00724. The maximum atomic E-state index is 5.57. The molecule has 4 heterocycles. The molecule has 3 unspecified atom stereocenters. The van der Waals surface area contributed by atoms with Gasteiger partial charge in [-0.15, -0.1) is 0 Å². The Morgan fingerprint density at radius 2 is 1.17 bits per heavy atom. The third-order valence-corrected chi connectivity index (χ3v) is 5.16. The minimum atomic E-state index is 0.503. The largest absolute Gasteiger partial charge is 0.379 e. The Morgan fingerprint density at radius 3 is 1.65 bits per heavy atom. The molecule has 0 N–H and O–H groups in total. The van der Waals surface area contributed by atoms with Crippen molar-refractivity contribution in [3.8, 4) is 0 Å². The summed E-state index contributed by atoms with van der Waals surface area (Å²) in [5.74, 6) is 0. The van der Waals surface area contributed by atoms with Crippen LogP contribution < -0.4 is 0 Å². The van der Waals surface area contributed by atoms with Gasteiger partial charge in [-0.3, -0.25) is 4.90 Å². The minimum absolute atomic E-state index is 0.503. The van der Waals surface area contributed by atoms with E-state index >= 15 is 0 Å². The summed E-state index contributed by atoms with van der Waals surface area (Å²) in [6.07, 6.45) is 10.2. The normalized spacial score (nSPS) is 35.2. The van der Waals surface area contributed by atoms with Crippen molar-refractivity contribution in [1.29, 1.82) is 0 Å². The lowest BCUT2D eigenvalue weighted by atomic mass is 10.1. The van der Waals surface area contributed by atoms with Crippen molar-refractivity contribution in [2.24, 2.45) is 0 Å². The second-order valence-electron chi connectivity index (χ2n) is 7.05. The first-order chi connectivity index (χ1) is 11.4. The van der Waals surface area contributed by atoms with E-state index in [1.54, 1.807) is 0 Å². The molecular weight excluding hydrogens is 294 g/mol. The lowest BCUT2D eigenvalue weighted by Crippen LogP contribution is -2.40. The first-order valence-corrected chi connectivity index (χ1v) is 9.55. The average Bonchev–Trinajstić information content (AvgIpc) is 3.33. The SMILES string of the molecule is C1COC(CC2CCCO2)C1.C1COC(CN2CCOCC2)C1. The van der Waals surface area contributed by atoms with Gasteiger partial charge in [-0.05, 0) is 44.9 Å². The van der Waals surface area contributed by atoms with E-state index in [0.29, 0.717) is 18.3 Å². The molecule has 0 aromatic carbocycles. The molecule has 4 aliphatic heterocycles. The number of hydrogen-bond acceptors (Lipinski definition) is 5. The highest BCUT2D eigenvalue weighted by Crippen LogP contribution is 2.23. The van der Waals surface area contributed by atoms with Crippen molar-refractivity contribution in [2.45, 2.75) is 63.3 Å². The van der Waals surface area contributed by atoms with Gasteiger partial charge in [-0.1, -0.05) is 0 Å². The number of ether oxygens (including phenoxy) is 4. The van der Waals surface area contributed by atoms with E-state index in [2.05, 4.69) is 4.90 Å². The second kappa shape index (κ2) is 9.94. The standard InChI is InChI=1S/C9H17NO2.C9H16O2/c1-2-9(12-5-1)8-10-3-6-11-7-4-10;1-3-8(10-5-1)7-9-4-2-6-11-9/h9H,1-8H2;8-9H,1-7H2. The molecule has 23 heavy (non-hydrogen) atoms. The van der Waals surface area contributed by atoms with E-state index in [-0.39, 0.29) is 0 Å². The molecule has 0 aliphatic carbocycles. The molecule has 0 amide bonds. The Hall–Kier alpha value is -0.200. The minimum Gasteiger partial charge on any atom is -0.379 e. The zero-order valence-electron chi connectivity index (χ0n) is 14.4. The predicted octanol–water partition coefficient (Wildman–Crippen LogP) is 2.23. The molecule has 0 bridgehead atoms. The third kappa shape index (κ3) is 6.31. The number of morpholine rings is 1. The van der Waals surface area contributed by atoms with E-state index in [1.807, 2.05) is 0 Å². The van der Waals surface area contributed by atoms with E-state index in [1.165, 1.54) is 38.5 Å². The fraction of sp³-hybridized carbons (Fsp3) is 1.00. The monoisotopic (exact) mass is 327 g/mol. The van der Waals surface area contributed by atoms with Crippen LogP contribution in [0.5, 0.6) is 0 Å². The fourth-order valence-corrected chi connectivity index (χ4v) is 3.81. The smallest absolute Gasteiger partial charge is 0.0702 e. The Bertz CT molecular complexity index is 290. The molecule has 4 saturated heterocycles. The van der Waals surface area contributed by atoms with Crippen LogP contribution in [0.3, 0.4) is 0 Å². The maximum absolute atomic E-state index is 5.57. The molecule has 0 saturated carbocycles. The van der Waals surface area contributed by atoms with Crippen LogP contribution in [0.1, 0.15) is 44.9 Å². The van der Waals surface area contributed by atoms with Crippen molar-refractivity contribution in [3.05, 3.63) is 0 Å². The van der Waals surface area contributed by atoms with Crippen molar-refractivity contribution in [2.75, 3.05) is 52.7 Å². The van der Waals surface area contributed by atoms with Crippen molar-refractivity contribution in [1.82, 2.24) is 4.90 Å². The molecule has 0 spiro atoms. The average molecular weight is 327 g/mol. The quantitative estimate of drug-likeness (QED) is 0.792. The van der Waals surface area contributed by atoms with Gasteiger partial charge in [0.15, 0.2) is 0 Å². The van der Waals surface area contributed by atoms with Gasteiger partial charge in [0.1, 0.15) is 0 Å². The van der Waals surface area contributed by atoms with Gasteiger partial charge in [0.2, 0.25) is 0 Å². The van der Waals surface area contributed by atoms with Crippen LogP contribution in [0.4, 0.5) is 0 Å². The summed E-state index contributed by atoms with van der Waals surface area (Å²) in [5, 5.41) is 0. The van der Waals surface area contributed by atoms with Crippen molar-refractivity contribution >= 4 is 0 Å². The lowest BCUT2D eigenvalue weighted by Gasteiger charge is -2.28. The van der Waals surface area contributed by atoms with Crippen LogP contribution in [0.15, 0.2) is 0 Å². The first-order valence-electron chi connectivity index (χ1n) is 9.55. The topological polar surface area (TPSA) is 40.2 Å². The van der Waals surface area contributed by atoms with Crippen LogP contribution >= 0.6 is 0 Å². The summed E-state index contributed by atoms with van der Waals surface area (Å²) in [4.78, 5) is 2.44. The fourth-order valence-electron chi connectivity index (χ4n) is 3.81. The van der Waals surface area contributed by atoms with Gasteiger partial charge in [0.25, 0.3) is 0 Å². The van der Waals surface area contributed by atoms with E-state index < -0.39 is 0 Å². The third-order valence-electron chi connectivity index (χ3n) is 5.16. The molecule has 5 nitrogen and oxygen atoms in total. The molecule has 134 valence electrons. The molecule has 0 aromatic heterocycles. The summed E-state index contributed by atoms with van der Waals surface area (Å²) in [5.41, 5.74) is 0. The van der Waals surface area contributed by atoms with Crippen LogP contribution in [-0.4, -0.2) is 75.9 Å². The zero-order chi connectivity index (χ0) is 15.7. The Balaban J connectivity index is 0.000000136. The molecular formula is C18H33NO4. The van der Waals surface area contributed by atoms with E-state index in [0.717, 1.165) is 59.1 Å². The highest BCUT2D eigenvalue weighted by molar-refractivity contribution is 4.73. The van der Waals surface area contributed by atoms with E-state index in [9.17, 15) is 0 Å². The van der Waals surface area contributed by atoms with Crippen molar-refractivity contribution < 1.29 is 18.9 Å². The predicted molar refractivity (Wildman–Crippen MR) is 88.8 cm³/mol. The highest BCUT2D eigenvalue weighted by atomic mass is 16.5. The summed E-state index contributed by atoms with van der Waals surface area (Å²) in [6, 6.07) is 0. The number of rotatable bonds is 4. The molecule has 4 rings (SSSR count). The van der Waals surface area contributed by atoms with Crippen LogP contribution in [0.25, 0.3) is 0 Å². The molecule has 3 atom stereocenters. The molecule has 4 fully saturated rings. The van der Waals surface area contributed by atoms with Gasteiger partial charge >= 0.3 is 0 Å². The van der Waals surface area contributed by atoms with E-state index in [4.69, 9.17) is 18.9 Å². The van der Waals surface area contributed by atoms with Gasteiger partial charge < -0.3 is 18.9 Å². The summed E-state index contributed by atoms with van der Waals surface area (Å²) in [6.45, 7) is 7.98. The number of hydrogen-bond donors (Lipinski definition) is 0. The first kappa shape index (κ1) is 17.6. The van der Waals surface area contributed by atoms with Gasteiger partial charge in [0.05, 0.1) is 31.5 Å². The summed E-state index contributed by atoms with van der Waals surface area (Å²) < 4.78 is 21.9. The van der Waals surface area contributed by atoms with Crippen LogP contribution in [-0.2, 0) is 18.9 Å². The van der Waals surface area contributed by atoms with Gasteiger partial charge in [-0.25, -0.2) is 0 Å². The Kier molecular flexibility index (Phi) is 7.62. The van der Waals surface area contributed by atoms with Crippen molar-refractivity contribution in [3.63, 3.8) is 0 Å². The zero-order valence-corrected chi connectivity index (χ0v) is 14.4. The Labute approximate surface area is 140 Å². The van der Waals surface area contributed by atoms with Gasteiger partial charge in [-0.2, -0.15) is 0 Å². The summed E-state index contributed by atoms with van der Waals surface area (Å²) >= 11 is 0. The Morgan fingerprint density at radius 1 is 0.652 bits per heavy atom. The molecule has 4 aliphatic rings. The highest BCUT2D eigenvalue weighted by Gasteiger charge is 2.23. The van der Waals surface area contributed by atoms with Crippen LogP contribution in [0.2, 0.25) is 0 Å². The summed E-state index contributed by atoms with van der Waals surface area (Å²) in [7, 11) is 0. The molecule has 0 aromatic rings.